The maximum atomic E-state index is 13.1. The number of rotatable bonds is 6. The zero-order valence-electron chi connectivity index (χ0n) is 18.8. The highest BCUT2D eigenvalue weighted by Crippen LogP contribution is 2.33. The Hall–Kier alpha value is -2.84. The molecule has 1 saturated heterocycles. The number of hydrogen-bond donors (Lipinski definition) is 1. The van der Waals surface area contributed by atoms with Gasteiger partial charge in [-0.25, -0.2) is 0 Å². The predicted octanol–water partition coefficient (Wildman–Crippen LogP) is 4.79. The lowest BCUT2D eigenvalue weighted by atomic mass is 10.1. The first kappa shape index (κ1) is 23.3. The molecule has 3 aromatic rings. The standard InChI is InChI=1S/C24H26ClN5O2S/c1-15-6-4-7-16(2)21(15)26-20(31)14-33-24-28-27-22(29(24)3)19-8-5-13-30(19)23(32)17-9-11-18(25)12-10-17/h4,6-7,9-12,19H,5,8,13-14H2,1-3H3,(H,26,31). The van der Waals surface area contributed by atoms with Crippen LogP contribution in [0.1, 0.15) is 46.2 Å². The van der Waals surface area contributed by atoms with Crippen LogP contribution in [-0.2, 0) is 11.8 Å². The first-order valence-electron chi connectivity index (χ1n) is 10.8. The van der Waals surface area contributed by atoms with Crippen LogP contribution >= 0.6 is 23.4 Å². The van der Waals surface area contributed by atoms with Crippen LogP contribution in [0.2, 0.25) is 5.02 Å². The van der Waals surface area contributed by atoms with E-state index in [2.05, 4.69) is 15.5 Å². The molecular weight excluding hydrogens is 458 g/mol. The van der Waals surface area contributed by atoms with Crippen molar-refractivity contribution in [2.24, 2.45) is 7.05 Å². The van der Waals surface area contributed by atoms with E-state index >= 15 is 0 Å². The number of thioether (sulfide) groups is 1. The zero-order chi connectivity index (χ0) is 23.5. The molecule has 33 heavy (non-hydrogen) atoms. The summed E-state index contributed by atoms with van der Waals surface area (Å²) in [6.07, 6.45) is 1.72. The van der Waals surface area contributed by atoms with Gasteiger partial charge in [0.05, 0.1) is 11.8 Å². The number of carbonyl (C=O) groups excluding carboxylic acids is 2. The van der Waals surface area contributed by atoms with E-state index in [-0.39, 0.29) is 23.6 Å². The monoisotopic (exact) mass is 483 g/mol. The number of hydrogen-bond acceptors (Lipinski definition) is 5. The van der Waals surface area contributed by atoms with E-state index in [9.17, 15) is 9.59 Å². The van der Waals surface area contributed by atoms with Crippen molar-refractivity contribution in [3.8, 4) is 0 Å². The van der Waals surface area contributed by atoms with Crippen LogP contribution < -0.4 is 5.32 Å². The SMILES string of the molecule is Cc1cccc(C)c1NC(=O)CSc1nnc(C2CCCN2C(=O)c2ccc(Cl)cc2)n1C. The van der Waals surface area contributed by atoms with Gasteiger partial charge < -0.3 is 14.8 Å². The first-order chi connectivity index (χ1) is 15.8. The molecule has 0 radical (unpaired) electrons. The number of para-hydroxylation sites is 1. The first-order valence-corrected chi connectivity index (χ1v) is 12.2. The van der Waals surface area contributed by atoms with Gasteiger partial charge in [0, 0.05) is 29.9 Å². The quantitative estimate of drug-likeness (QED) is 0.510. The van der Waals surface area contributed by atoms with Crippen LogP contribution in [0, 0.1) is 13.8 Å². The summed E-state index contributed by atoms with van der Waals surface area (Å²) in [6.45, 7) is 4.62. The summed E-state index contributed by atoms with van der Waals surface area (Å²) in [6, 6.07) is 12.7. The Morgan fingerprint density at radius 2 is 1.82 bits per heavy atom. The van der Waals surface area contributed by atoms with Gasteiger partial charge in [-0.05, 0) is 62.1 Å². The molecule has 1 aliphatic heterocycles. The smallest absolute Gasteiger partial charge is 0.254 e. The molecule has 1 aliphatic rings. The summed E-state index contributed by atoms with van der Waals surface area (Å²) >= 11 is 7.29. The summed E-state index contributed by atoms with van der Waals surface area (Å²) in [5, 5.41) is 12.9. The fourth-order valence-corrected chi connectivity index (χ4v) is 4.94. The number of aromatic nitrogens is 3. The summed E-state index contributed by atoms with van der Waals surface area (Å²) in [4.78, 5) is 27.4. The Morgan fingerprint density at radius 1 is 1.12 bits per heavy atom. The Kier molecular flexibility index (Phi) is 7.05. The molecule has 7 nitrogen and oxygen atoms in total. The van der Waals surface area contributed by atoms with E-state index in [1.54, 1.807) is 24.3 Å². The van der Waals surface area contributed by atoms with Gasteiger partial charge in [-0.2, -0.15) is 0 Å². The number of benzene rings is 2. The van der Waals surface area contributed by atoms with Crippen molar-refractivity contribution in [2.75, 3.05) is 17.6 Å². The molecular formula is C24H26ClN5O2S. The number of likely N-dealkylation sites (tertiary alicyclic amines) is 1. The largest absolute Gasteiger partial charge is 0.328 e. The molecule has 0 bridgehead atoms. The zero-order valence-corrected chi connectivity index (χ0v) is 20.4. The molecule has 1 fully saturated rings. The molecule has 172 valence electrons. The second-order valence-corrected chi connectivity index (χ2v) is 9.55. The molecule has 0 spiro atoms. The second-order valence-electron chi connectivity index (χ2n) is 8.17. The number of nitrogens with one attached hydrogen (secondary N) is 1. The van der Waals surface area contributed by atoms with Gasteiger partial charge in [-0.3, -0.25) is 9.59 Å². The Morgan fingerprint density at radius 3 is 2.52 bits per heavy atom. The molecule has 9 heteroatoms. The van der Waals surface area contributed by atoms with Crippen molar-refractivity contribution in [1.82, 2.24) is 19.7 Å². The summed E-state index contributed by atoms with van der Waals surface area (Å²) in [5.74, 6) is 0.812. The molecule has 0 saturated carbocycles. The highest BCUT2D eigenvalue weighted by molar-refractivity contribution is 7.99. The third-order valence-corrected chi connectivity index (χ3v) is 7.12. The molecule has 4 rings (SSSR count). The van der Waals surface area contributed by atoms with E-state index in [4.69, 9.17) is 11.6 Å². The second kappa shape index (κ2) is 9.97. The molecule has 0 aliphatic carbocycles. The minimum Gasteiger partial charge on any atom is -0.328 e. The summed E-state index contributed by atoms with van der Waals surface area (Å²) < 4.78 is 1.88. The fraction of sp³-hybridized carbons (Fsp3) is 0.333. The fourth-order valence-electron chi connectivity index (χ4n) is 4.10. The maximum absolute atomic E-state index is 13.1. The topological polar surface area (TPSA) is 80.1 Å². The third kappa shape index (κ3) is 5.07. The Bertz CT molecular complexity index is 1160. The number of nitrogens with zero attached hydrogens (tertiary/aromatic N) is 4. The van der Waals surface area contributed by atoms with Gasteiger partial charge in [0.2, 0.25) is 5.91 Å². The Balaban J connectivity index is 1.43. The molecule has 2 amide bonds. The van der Waals surface area contributed by atoms with Crippen molar-refractivity contribution in [3.63, 3.8) is 0 Å². The van der Waals surface area contributed by atoms with Crippen molar-refractivity contribution in [2.45, 2.75) is 37.9 Å². The highest BCUT2D eigenvalue weighted by atomic mass is 35.5. The summed E-state index contributed by atoms with van der Waals surface area (Å²) in [7, 11) is 1.88. The number of aryl methyl sites for hydroxylation is 2. The van der Waals surface area contributed by atoms with Crippen molar-refractivity contribution < 1.29 is 9.59 Å². The van der Waals surface area contributed by atoms with Crippen molar-refractivity contribution in [1.29, 1.82) is 0 Å². The van der Waals surface area contributed by atoms with E-state index in [1.165, 1.54) is 11.8 Å². The molecule has 2 heterocycles. The van der Waals surface area contributed by atoms with Gasteiger partial charge in [0.15, 0.2) is 11.0 Å². The van der Waals surface area contributed by atoms with Crippen molar-refractivity contribution in [3.05, 3.63) is 70.0 Å². The predicted molar refractivity (Wildman–Crippen MR) is 131 cm³/mol. The van der Waals surface area contributed by atoms with Crippen molar-refractivity contribution >= 4 is 40.9 Å². The summed E-state index contributed by atoms with van der Waals surface area (Å²) in [5.41, 5.74) is 3.51. The van der Waals surface area contributed by atoms with Crippen LogP contribution in [0.15, 0.2) is 47.6 Å². The molecule has 1 aromatic heterocycles. The minimum atomic E-state index is -0.150. The molecule has 1 unspecified atom stereocenters. The Labute approximate surface area is 202 Å². The van der Waals surface area contributed by atoms with Gasteiger partial charge in [0.1, 0.15) is 0 Å². The molecule has 1 N–H and O–H groups in total. The lowest BCUT2D eigenvalue weighted by Crippen LogP contribution is -2.31. The van der Waals surface area contributed by atoms with Gasteiger partial charge in [-0.15, -0.1) is 10.2 Å². The van der Waals surface area contributed by atoms with E-state index in [0.29, 0.717) is 22.3 Å². The molecule has 2 aromatic carbocycles. The van der Waals surface area contributed by atoms with E-state index < -0.39 is 0 Å². The van der Waals surface area contributed by atoms with E-state index in [0.717, 1.165) is 35.5 Å². The number of halogens is 1. The lowest BCUT2D eigenvalue weighted by Gasteiger charge is -2.24. The van der Waals surface area contributed by atoms with Crippen LogP contribution in [0.25, 0.3) is 0 Å². The van der Waals surface area contributed by atoms with Gasteiger partial charge >= 0.3 is 0 Å². The average molecular weight is 484 g/mol. The van der Waals surface area contributed by atoms with Crippen LogP contribution in [0.4, 0.5) is 5.69 Å². The van der Waals surface area contributed by atoms with Crippen LogP contribution in [0.3, 0.4) is 0 Å². The lowest BCUT2D eigenvalue weighted by molar-refractivity contribution is -0.113. The molecule has 1 atom stereocenters. The number of carbonyl (C=O) groups is 2. The van der Waals surface area contributed by atoms with Crippen LogP contribution in [0.5, 0.6) is 0 Å². The highest BCUT2D eigenvalue weighted by Gasteiger charge is 2.34. The normalized spacial score (nSPS) is 15.6. The number of anilines is 1. The maximum Gasteiger partial charge on any atom is 0.254 e. The third-order valence-electron chi connectivity index (χ3n) is 5.85. The number of amides is 2. The minimum absolute atomic E-state index is 0.0423. The van der Waals surface area contributed by atoms with Gasteiger partial charge in [0.25, 0.3) is 5.91 Å². The van der Waals surface area contributed by atoms with Crippen LogP contribution in [-0.4, -0.2) is 43.8 Å². The van der Waals surface area contributed by atoms with Gasteiger partial charge in [-0.1, -0.05) is 41.6 Å². The average Bonchev–Trinajstić information content (AvgIpc) is 3.41. The van der Waals surface area contributed by atoms with E-state index in [1.807, 2.05) is 48.6 Å².